The Labute approximate surface area is 183 Å². The molecule has 0 saturated carbocycles. The third-order valence-corrected chi connectivity index (χ3v) is 7.59. The molecule has 0 fully saturated rings. The predicted octanol–water partition coefficient (Wildman–Crippen LogP) is 4.27. The lowest BCUT2D eigenvalue weighted by Gasteiger charge is -2.20. The summed E-state index contributed by atoms with van der Waals surface area (Å²) in [6.45, 7) is 4.62. The Morgan fingerprint density at radius 1 is 1.19 bits per heavy atom. The number of non-ortho nitro benzene ring substituents is 1. The van der Waals surface area contributed by atoms with Crippen molar-refractivity contribution in [3.63, 3.8) is 0 Å². The van der Waals surface area contributed by atoms with E-state index in [9.17, 15) is 23.3 Å². The SMILES string of the molecule is CCCCN(CC)S(=O)(=O)c1ccc(C(=O)Nc2nc3ccc([N+](=O)[O-])cc3s2)cc1. The van der Waals surface area contributed by atoms with Crippen LogP contribution >= 0.6 is 11.3 Å². The summed E-state index contributed by atoms with van der Waals surface area (Å²) in [4.78, 5) is 27.3. The number of nitro groups is 1. The number of sulfonamides is 1. The highest BCUT2D eigenvalue weighted by atomic mass is 32.2. The first-order chi connectivity index (χ1) is 14.8. The molecule has 1 heterocycles. The molecule has 1 aromatic heterocycles. The van der Waals surface area contributed by atoms with Crippen molar-refractivity contribution >= 4 is 48.3 Å². The normalized spacial score (nSPS) is 11.7. The maximum atomic E-state index is 12.8. The quantitative estimate of drug-likeness (QED) is 0.374. The van der Waals surface area contributed by atoms with Gasteiger partial charge >= 0.3 is 0 Å². The number of benzene rings is 2. The minimum Gasteiger partial charge on any atom is -0.298 e. The summed E-state index contributed by atoms with van der Waals surface area (Å²) < 4.78 is 27.6. The fourth-order valence-electron chi connectivity index (χ4n) is 2.96. The molecule has 0 spiro atoms. The first-order valence-corrected chi connectivity index (χ1v) is 12.0. The summed E-state index contributed by atoms with van der Waals surface area (Å²) in [6, 6.07) is 10.0. The molecule has 3 aromatic rings. The molecule has 9 nitrogen and oxygen atoms in total. The van der Waals surface area contributed by atoms with Gasteiger partial charge in [0.15, 0.2) is 5.13 Å². The van der Waals surface area contributed by atoms with Gasteiger partial charge in [-0.25, -0.2) is 13.4 Å². The molecule has 0 aliphatic carbocycles. The number of unbranched alkanes of at least 4 members (excludes halogenated alkanes) is 1. The fourth-order valence-corrected chi connectivity index (χ4v) is 5.34. The van der Waals surface area contributed by atoms with Gasteiger partial charge < -0.3 is 0 Å². The average molecular weight is 463 g/mol. The van der Waals surface area contributed by atoms with Crippen LogP contribution in [0.1, 0.15) is 37.0 Å². The van der Waals surface area contributed by atoms with E-state index in [0.29, 0.717) is 28.4 Å². The van der Waals surface area contributed by atoms with E-state index in [1.165, 1.54) is 46.8 Å². The van der Waals surface area contributed by atoms with Crippen LogP contribution in [0.4, 0.5) is 10.8 Å². The number of nitro benzene ring substituents is 1. The Hall–Kier alpha value is -2.89. The monoisotopic (exact) mass is 462 g/mol. The number of thiazole rings is 1. The molecule has 0 unspecified atom stereocenters. The molecule has 31 heavy (non-hydrogen) atoms. The second kappa shape index (κ2) is 9.50. The van der Waals surface area contributed by atoms with Crippen molar-refractivity contribution in [2.24, 2.45) is 0 Å². The Morgan fingerprint density at radius 3 is 2.52 bits per heavy atom. The van der Waals surface area contributed by atoms with Gasteiger partial charge in [0.25, 0.3) is 11.6 Å². The lowest BCUT2D eigenvalue weighted by atomic mass is 10.2. The molecule has 11 heteroatoms. The third kappa shape index (κ3) is 5.06. The van der Waals surface area contributed by atoms with Crippen LogP contribution in [0.15, 0.2) is 47.4 Å². The summed E-state index contributed by atoms with van der Waals surface area (Å²) >= 11 is 1.12. The van der Waals surface area contributed by atoms with Crippen LogP contribution in [0, 0.1) is 10.1 Å². The van der Waals surface area contributed by atoms with Crippen LogP contribution in [0.2, 0.25) is 0 Å². The van der Waals surface area contributed by atoms with E-state index in [1.54, 1.807) is 6.92 Å². The highest BCUT2D eigenvalue weighted by Gasteiger charge is 2.23. The Morgan fingerprint density at radius 2 is 1.90 bits per heavy atom. The summed E-state index contributed by atoms with van der Waals surface area (Å²) in [5, 5.41) is 13.9. The van der Waals surface area contributed by atoms with E-state index in [0.717, 1.165) is 24.2 Å². The summed E-state index contributed by atoms with van der Waals surface area (Å²) in [7, 11) is -3.62. The molecule has 1 amide bonds. The average Bonchev–Trinajstić information content (AvgIpc) is 3.15. The van der Waals surface area contributed by atoms with E-state index in [4.69, 9.17) is 0 Å². The van der Waals surface area contributed by atoms with Crippen molar-refractivity contribution in [2.45, 2.75) is 31.6 Å². The third-order valence-electron chi connectivity index (χ3n) is 4.67. The Balaban J connectivity index is 1.76. The van der Waals surface area contributed by atoms with Crippen LogP contribution in [-0.4, -0.2) is 41.6 Å². The fraction of sp³-hybridized carbons (Fsp3) is 0.300. The molecule has 0 atom stereocenters. The van der Waals surface area contributed by atoms with Crippen molar-refractivity contribution in [1.29, 1.82) is 0 Å². The van der Waals surface area contributed by atoms with Crippen LogP contribution in [0.25, 0.3) is 10.2 Å². The standard InChI is InChI=1S/C20H22N4O5S2/c1-3-5-12-23(4-2)31(28,29)16-9-6-14(7-10-16)19(25)22-20-21-17-11-8-15(24(26)27)13-18(17)30-20/h6-11,13H,3-5,12H2,1-2H3,(H,21,22,25). The van der Waals surface area contributed by atoms with Crippen LogP contribution in [-0.2, 0) is 10.0 Å². The van der Waals surface area contributed by atoms with Gasteiger partial charge in [-0.15, -0.1) is 0 Å². The largest absolute Gasteiger partial charge is 0.298 e. The molecule has 2 aromatic carbocycles. The van der Waals surface area contributed by atoms with Crippen LogP contribution < -0.4 is 5.32 Å². The van der Waals surface area contributed by atoms with Crippen molar-refractivity contribution in [3.05, 3.63) is 58.1 Å². The Kier molecular flexibility index (Phi) is 6.98. The topological polar surface area (TPSA) is 123 Å². The van der Waals surface area contributed by atoms with E-state index < -0.39 is 20.9 Å². The number of rotatable bonds is 9. The van der Waals surface area contributed by atoms with E-state index in [2.05, 4.69) is 10.3 Å². The number of hydrogen-bond donors (Lipinski definition) is 1. The highest BCUT2D eigenvalue weighted by Crippen LogP contribution is 2.29. The lowest BCUT2D eigenvalue weighted by molar-refractivity contribution is -0.384. The molecule has 0 saturated heterocycles. The number of nitrogens with zero attached hydrogens (tertiary/aromatic N) is 3. The molecular weight excluding hydrogens is 440 g/mol. The molecule has 164 valence electrons. The summed E-state index contributed by atoms with van der Waals surface area (Å²) in [5.41, 5.74) is 0.769. The molecule has 0 aliphatic rings. The predicted molar refractivity (Wildman–Crippen MR) is 120 cm³/mol. The van der Waals surface area contributed by atoms with Gasteiger partial charge in [-0.3, -0.25) is 20.2 Å². The van der Waals surface area contributed by atoms with Crippen LogP contribution in [0.5, 0.6) is 0 Å². The molecule has 0 bridgehead atoms. The first kappa shape index (κ1) is 22.8. The maximum Gasteiger partial charge on any atom is 0.270 e. The zero-order valence-electron chi connectivity index (χ0n) is 17.1. The second-order valence-electron chi connectivity index (χ2n) is 6.76. The number of carbonyl (C=O) groups is 1. The van der Waals surface area contributed by atoms with E-state index in [1.807, 2.05) is 6.92 Å². The Bertz CT molecular complexity index is 1210. The number of fused-ring (bicyclic) bond motifs is 1. The zero-order valence-corrected chi connectivity index (χ0v) is 18.7. The zero-order chi connectivity index (χ0) is 22.6. The van der Waals surface area contributed by atoms with Gasteiger partial charge in [0.1, 0.15) is 0 Å². The minimum absolute atomic E-state index is 0.0501. The maximum absolute atomic E-state index is 12.8. The second-order valence-corrected chi connectivity index (χ2v) is 9.73. The van der Waals surface area contributed by atoms with Crippen molar-refractivity contribution in [3.8, 4) is 0 Å². The van der Waals surface area contributed by atoms with Gasteiger partial charge in [0, 0.05) is 30.8 Å². The smallest absolute Gasteiger partial charge is 0.270 e. The number of amides is 1. The van der Waals surface area contributed by atoms with Gasteiger partial charge in [-0.2, -0.15) is 4.31 Å². The number of hydrogen-bond acceptors (Lipinski definition) is 7. The summed E-state index contributed by atoms with van der Waals surface area (Å²) in [5.74, 6) is -0.448. The molecule has 0 radical (unpaired) electrons. The highest BCUT2D eigenvalue weighted by molar-refractivity contribution is 7.89. The molecule has 1 N–H and O–H groups in total. The minimum atomic E-state index is -3.62. The van der Waals surface area contributed by atoms with Gasteiger partial charge in [0.05, 0.1) is 20.0 Å². The first-order valence-electron chi connectivity index (χ1n) is 9.72. The van der Waals surface area contributed by atoms with Crippen molar-refractivity contribution < 1.29 is 18.1 Å². The van der Waals surface area contributed by atoms with Crippen molar-refractivity contribution in [1.82, 2.24) is 9.29 Å². The number of aromatic nitrogens is 1. The summed E-state index contributed by atoms with van der Waals surface area (Å²) in [6.07, 6.45) is 1.67. The van der Waals surface area contributed by atoms with Gasteiger partial charge in [-0.05, 0) is 36.8 Å². The van der Waals surface area contributed by atoms with E-state index >= 15 is 0 Å². The van der Waals surface area contributed by atoms with Gasteiger partial charge in [-0.1, -0.05) is 31.6 Å². The van der Waals surface area contributed by atoms with Crippen molar-refractivity contribution in [2.75, 3.05) is 18.4 Å². The lowest BCUT2D eigenvalue weighted by Crippen LogP contribution is -2.31. The van der Waals surface area contributed by atoms with Crippen LogP contribution in [0.3, 0.4) is 0 Å². The number of nitrogens with one attached hydrogen (secondary N) is 1. The van der Waals surface area contributed by atoms with E-state index in [-0.39, 0.29) is 16.1 Å². The number of anilines is 1. The molecule has 0 aliphatic heterocycles. The number of carbonyl (C=O) groups excluding carboxylic acids is 1. The molecule has 3 rings (SSSR count). The molecular formula is C20H22N4O5S2. The van der Waals surface area contributed by atoms with Gasteiger partial charge in [0.2, 0.25) is 10.0 Å².